The molecule has 152 valence electrons. The molecule has 2 aromatic carbocycles. The van der Waals surface area contributed by atoms with Gasteiger partial charge in [0.1, 0.15) is 6.54 Å². The van der Waals surface area contributed by atoms with Crippen LogP contribution in [0.3, 0.4) is 0 Å². The fourth-order valence-corrected chi connectivity index (χ4v) is 4.43. The first-order valence-electron chi connectivity index (χ1n) is 10.3. The topological polar surface area (TPSA) is 64.9 Å². The van der Waals surface area contributed by atoms with Gasteiger partial charge in [-0.05, 0) is 54.0 Å². The third-order valence-corrected chi connectivity index (χ3v) is 6.15. The van der Waals surface area contributed by atoms with Gasteiger partial charge in [-0.3, -0.25) is 4.79 Å². The standard InChI is InChI=1S/C24H29N3OS/c1-17(2)15-23(24(28)26-14-13-25)29-22-11-7-20(8-12-22)19-5-3-18(4-6-19)16-27-21-9-10-21/h3-8,11-12,17,21,23,27H,9-10,14-16H2,1-2H3,(H,26,28). The maximum Gasteiger partial charge on any atom is 0.234 e. The summed E-state index contributed by atoms with van der Waals surface area (Å²) in [5.74, 6) is 0.345. The summed E-state index contributed by atoms with van der Waals surface area (Å²) in [7, 11) is 0. The first kappa shape index (κ1) is 21.4. The Morgan fingerprint density at radius 3 is 2.28 bits per heavy atom. The van der Waals surface area contributed by atoms with E-state index in [2.05, 4.69) is 73.0 Å². The molecule has 1 fully saturated rings. The number of hydrogen-bond acceptors (Lipinski definition) is 4. The molecule has 0 saturated heterocycles. The van der Waals surface area contributed by atoms with Crippen molar-refractivity contribution in [1.29, 1.82) is 5.26 Å². The number of rotatable bonds is 10. The summed E-state index contributed by atoms with van der Waals surface area (Å²) < 4.78 is 0. The molecule has 1 aliphatic rings. The van der Waals surface area contributed by atoms with Crippen LogP contribution in [0.25, 0.3) is 11.1 Å². The van der Waals surface area contributed by atoms with E-state index in [1.54, 1.807) is 11.8 Å². The highest BCUT2D eigenvalue weighted by Gasteiger charge is 2.21. The monoisotopic (exact) mass is 407 g/mol. The summed E-state index contributed by atoms with van der Waals surface area (Å²) in [6.45, 7) is 5.21. The van der Waals surface area contributed by atoms with Gasteiger partial charge in [-0.1, -0.05) is 50.2 Å². The van der Waals surface area contributed by atoms with Crippen molar-refractivity contribution < 1.29 is 4.79 Å². The minimum atomic E-state index is -0.188. The van der Waals surface area contributed by atoms with Crippen molar-refractivity contribution in [2.45, 2.75) is 55.8 Å². The van der Waals surface area contributed by atoms with E-state index in [0.29, 0.717) is 5.92 Å². The molecule has 1 amide bonds. The van der Waals surface area contributed by atoms with Gasteiger partial charge < -0.3 is 10.6 Å². The van der Waals surface area contributed by atoms with Gasteiger partial charge in [0.2, 0.25) is 5.91 Å². The van der Waals surface area contributed by atoms with Crippen LogP contribution in [0, 0.1) is 17.2 Å². The van der Waals surface area contributed by atoms with Crippen LogP contribution in [-0.2, 0) is 11.3 Å². The average Bonchev–Trinajstić information content (AvgIpc) is 3.55. The number of nitrogens with zero attached hydrogens (tertiary/aromatic N) is 1. The van der Waals surface area contributed by atoms with Crippen LogP contribution < -0.4 is 10.6 Å². The van der Waals surface area contributed by atoms with Gasteiger partial charge in [0.15, 0.2) is 0 Å². The zero-order valence-corrected chi connectivity index (χ0v) is 18.0. The van der Waals surface area contributed by atoms with Gasteiger partial charge in [-0.25, -0.2) is 0 Å². The highest BCUT2D eigenvalue weighted by molar-refractivity contribution is 8.00. The molecule has 1 aliphatic carbocycles. The Kier molecular flexibility index (Phi) is 7.74. The molecule has 2 aromatic rings. The van der Waals surface area contributed by atoms with Crippen molar-refractivity contribution >= 4 is 17.7 Å². The number of hydrogen-bond donors (Lipinski definition) is 2. The number of carbonyl (C=O) groups excluding carboxylic acids is 1. The molecule has 1 atom stereocenters. The van der Waals surface area contributed by atoms with Gasteiger partial charge in [0.25, 0.3) is 0 Å². The lowest BCUT2D eigenvalue weighted by molar-refractivity contribution is -0.120. The van der Waals surface area contributed by atoms with Gasteiger partial charge in [-0.2, -0.15) is 5.26 Å². The van der Waals surface area contributed by atoms with Crippen LogP contribution in [0.4, 0.5) is 0 Å². The second kappa shape index (κ2) is 10.5. The van der Waals surface area contributed by atoms with Crippen molar-refractivity contribution in [2.24, 2.45) is 5.92 Å². The van der Waals surface area contributed by atoms with E-state index in [1.165, 1.54) is 29.5 Å². The van der Waals surface area contributed by atoms with E-state index in [0.717, 1.165) is 23.9 Å². The Labute approximate surface area is 178 Å². The molecular weight excluding hydrogens is 378 g/mol. The molecule has 29 heavy (non-hydrogen) atoms. The van der Waals surface area contributed by atoms with Crippen LogP contribution in [0.1, 0.15) is 38.7 Å². The van der Waals surface area contributed by atoms with Crippen LogP contribution in [0.2, 0.25) is 0 Å². The third-order valence-electron chi connectivity index (χ3n) is 4.91. The van der Waals surface area contributed by atoms with Crippen molar-refractivity contribution in [1.82, 2.24) is 10.6 Å². The number of thioether (sulfide) groups is 1. The summed E-state index contributed by atoms with van der Waals surface area (Å²) in [5.41, 5.74) is 3.68. The predicted molar refractivity (Wildman–Crippen MR) is 119 cm³/mol. The van der Waals surface area contributed by atoms with Gasteiger partial charge >= 0.3 is 0 Å². The molecule has 1 saturated carbocycles. The predicted octanol–water partition coefficient (Wildman–Crippen LogP) is 4.75. The Morgan fingerprint density at radius 1 is 1.10 bits per heavy atom. The van der Waals surface area contributed by atoms with E-state index in [4.69, 9.17) is 5.26 Å². The third kappa shape index (κ3) is 6.92. The summed E-state index contributed by atoms with van der Waals surface area (Å²) in [5, 5.41) is 14.8. The molecule has 5 heteroatoms. The highest BCUT2D eigenvalue weighted by atomic mass is 32.2. The van der Waals surface area contributed by atoms with E-state index in [9.17, 15) is 4.79 Å². The smallest absolute Gasteiger partial charge is 0.234 e. The van der Waals surface area contributed by atoms with Crippen molar-refractivity contribution in [2.75, 3.05) is 6.54 Å². The summed E-state index contributed by atoms with van der Waals surface area (Å²) in [4.78, 5) is 13.4. The largest absolute Gasteiger partial charge is 0.342 e. The molecule has 2 N–H and O–H groups in total. The minimum absolute atomic E-state index is 0.0547. The number of benzene rings is 2. The minimum Gasteiger partial charge on any atom is -0.342 e. The SMILES string of the molecule is CC(C)CC(Sc1ccc(-c2ccc(CNC3CC3)cc2)cc1)C(=O)NCC#N. The van der Waals surface area contributed by atoms with Gasteiger partial charge in [0.05, 0.1) is 11.3 Å². The fourth-order valence-electron chi connectivity index (χ4n) is 3.13. The first-order valence-corrected chi connectivity index (χ1v) is 11.2. The molecule has 0 heterocycles. The molecular formula is C24H29N3OS. The molecule has 0 spiro atoms. The molecule has 0 aliphatic heterocycles. The molecule has 1 unspecified atom stereocenters. The van der Waals surface area contributed by atoms with Crippen LogP contribution in [0.5, 0.6) is 0 Å². The Balaban J connectivity index is 1.61. The van der Waals surface area contributed by atoms with Crippen molar-refractivity contribution in [3.63, 3.8) is 0 Å². The van der Waals surface area contributed by atoms with Crippen LogP contribution in [0.15, 0.2) is 53.4 Å². The number of nitrogens with one attached hydrogen (secondary N) is 2. The Bertz CT molecular complexity index is 836. The maximum absolute atomic E-state index is 12.4. The Hall–Kier alpha value is -2.29. The van der Waals surface area contributed by atoms with Gasteiger partial charge in [-0.15, -0.1) is 11.8 Å². The fraction of sp³-hybridized carbons (Fsp3) is 0.417. The second-order valence-electron chi connectivity index (χ2n) is 7.99. The highest BCUT2D eigenvalue weighted by Crippen LogP contribution is 2.30. The van der Waals surface area contributed by atoms with E-state index < -0.39 is 0 Å². The Morgan fingerprint density at radius 2 is 1.72 bits per heavy atom. The van der Waals surface area contributed by atoms with E-state index in [1.807, 2.05) is 6.07 Å². The number of carbonyl (C=O) groups is 1. The number of amides is 1. The normalized spacial score (nSPS) is 14.4. The summed E-state index contributed by atoms with van der Waals surface area (Å²) in [6.07, 6.45) is 3.39. The van der Waals surface area contributed by atoms with E-state index in [-0.39, 0.29) is 17.7 Å². The first-order chi connectivity index (χ1) is 14.0. The number of nitriles is 1. The second-order valence-corrected chi connectivity index (χ2v) is 9.26. The molecule has 0 aromatic heterocycles. The molecule has 0 radical (unpaired) electrons. The summed E-state index contributed by atoms with van der Waals surface area (Å²) >= 11 is 1.57. The lowest BCUT2D eigenvalue weighted by Gasteiger charge is -2.17. The zero-order chi connectivity index (χ0) is 20.6. The van der Waals surface area contributed by atoms with Crippen LogP contribution >= 0.6 is 11.8 Å². The average molecular weight is 408 g/mol. The summed E-state index contributed by atoms with van der Waals surface area (Å²) in [6, 6.07) is 19.8. The van der Waals surface area contributed by atoms with E-state index >= 15 is 0 Å². The van der Waals surface area contributed by atoms with Crippen molar-refractivity contribution in [3.8, 4) is 17.2 Å². The van der Waals surface area contributed by atoms with Crippen LogP contribution in [-0.4, -0.2) is 23.7 Å². The lowest BCUT2D eigenvalue weighted by atomic mass is 10.0. The molecule has 0 bridgehead atoms. The molecule has 3 rings (SSSR count). The zero-order valence-electron chi connectivity index (χ0n) is 17.2. The lowest BCUT2D eigenvalue weighted by Crippen LogP contribution is -2.33. The molecule has 4 nitrogen and oxygen atoms in total. The quantitative estimate of drug-likeness (QED) is 0.440. The maximum atomic E-state index is 12.4. The van der Waals surface area contributed by atoms with Gasteiger partial charge in [0, 0.05) is 17.5 Å². The van der Waals surface area contributed by atoms with Crippen molar-refractivity contribution in [3.05, 3.63) is 54.1 Å².